The number of hydrogen-bond acceptors (Lipinski definition) is 5. The largest absolute Gasteiger partial charge is 0.310 e. The average Bonchev–Trinajstić information content (AvgIpc) is 3.75. The van der Waals surface area contributed by atoms with E-state index in [0.717, 1.165) is 51.8 Å². The maximum atomic E-state index is 12.9. The molecule has 0 aliphatic heterocycles. The summed E-state index contributed by atoms with van der Waals surface area (Å²) in [6.07, 6.45) is 4.63. The summed E-state index contributed by atoms with van der Waals surface area (Å²) in [6, 6.07) is 20.0. The van der Waals surface area contributed by atoms with Crippen LogP contribution >= 0.6 is 11.8 Å². The highest BCUT2D eigenvalue weighted by Gasteiger charge is 2.29. The maximum Gasteiger partial charge on any atom is 0.235 e. The van der Waals surface area contributed by atoms with Gasteiger partial charge in [-0.25, -0.2) is 14.6 Å². The number of benzene rings is 2. The lowest BCUT2D eigenvalue weighted by atomic mass is 10.2. The van der Waals surface area contributed by atoms with Crippen molar-refractivity contribution >= 4 is 34.4 Å². The highest BCUT2D eigenvalue weighted by atomic mass is 32.2. The van der Waals surface area contributed by atoms with Gasteiger partial charge in [0.1, 0.15) is 16.7 Å². The SMILES string of the molecule is O=C(CSc1nc(C2CC2)nc2ccccc12)Nc1cc(C2CC2)nn1-c1ccccc1. The van der Waals surface area contributed by atoms with Crippen LogP contribution in [0.3, 0.4) is 0 Å². The van der Waals surface area contributed by atoms with E-state index in [-0.39, 0.29) is 11.7 Å². The molecule has 1 N–H and O–H groups in total. The van der Waals surface area contributed by atoms with Gasteiger partial charge in [0.15, 0.2) is 0 Å². The number of nitrogens with zero attached hydrogens (tertiary/aromatic N) is 4. The molecule has 160 valence electrons. The molecular formula is C25H23N5OS. The van der Waals surface area contributed by atoms with Crippen LogP contribution in [-0.4, -0.2) is 31.4 Å². The van der Waals surface area contributed by atoms with Crippen molar-refractivity contribution in [3.8, 4) is 5.69 Å². The lowest BCUT2D eigenvalue weighted by molar-refractivity contribution is -0.113. The number of rotatable bonds is 7. The smallest absolute Gasteiger partial charge is 0.235 e. The van der Waals surface area contributed by atoms with Crippen LogP contribution in [0.5, 0.6) is 0 Å². The highest BCUT2D eigenvalue weighted by molar-refractivity contribution is 8.00. The normalized spacial score (nSPS) is 15.8. The Bertz CT molecular complexity index is 1290. The van der Waals surface area contributed by atoms with Gasteiger partial charge in [-0.1, -0.05) is 48.2 Å². The summed E-state index contributed by atoms with van der Waals surface area (Å²) >= 11 is 1.47. The van der Waals surface area contributed by atoms with E-state index in [9.17, 15) is 4.79 Å². The first-order valence-corrected chi connectivity index (χ1v) is 12.1. The summed E-state index contributed by atoms with van der Waals surface area (Å²) in [5.41, 5.74) is 2.94. The predicted octanol–water partition coefficient (Wildman–Crippen LogP) is 5.30. The average molecular weight is 442 g/mol. The molecule has 2 fully saturated rings. The first-order chi connectivity index (χ1) is 15.7. The summed E-state index contributed by atoms with van der Waals surface area (Å²) in [7, 11) is 0. The van der Waals surface area contributed by atoms with Crippen LogP contribution in [0.1, 0.15) is 49.0 Å². The van der Waals surface area contributed by atoms with Crippen LogP contribution in [0.15, 0.2) is 65.7 Å². The molecule has 0 atom stereocenters. The summed E-state index contributed by atoms with van der Waals surface area (Å²) < 4.78 is 1.83. The Morgan fingerprint density at radius 3 is 2.50 bits per heavy atom. The molecule has 2 aliphatic rings. The van der Waals surface area contributed by atoms with Gasteiger partial charge in [0.25, 0.3) is 0 Å². The van der Waals surface area contributed by atoms with Crippen molar-refractivity contribution in [2.75, 3.05) is 11.1 Å². The zero-order valence-electron chi connectivity index (χ0n) is 17.6. The van der Waals surface area contributed by atoms with E-state index in [2.05, 4.69) is 5.32 Å². The Labute approximate surface area is 190 Å². The van der Waals surface area contributed by atoms with Crippen LogP contribution in [0.2, 0.25) is 0 Å². The molecule has 2 aromatic heterocycles. The zero-order valence-corrected chi connectivity index (χ0v) is 18.4. The van der Waals surface area contributed by atoms with Gasteiger partial charge in [0.05, 0.1) is 22.7 Å². The number of anilines is 1. The van der Waals surface area contributed by atoms with E-state index in [4.69, 9.17) is 15.1 Å². The predicted molar refractivity (Wildman–Crippen MR) is 126 cm³/mol. The molecule has 2 heterocycles. The molecule has 1 amide bonds. The Morgan fingerprint density at radius 2 is 1.72 bits per heavy atom. The van der Waals surface area contributed by atoms with Gasteiger partial charge >= 0.3 is 0 Å². The molecule has 7 heteroatoms. The minimum atomic E-state index is -0.0647. The molecule has 0 spiro atoms. The third-order valence-electron chi connectivity index (χ3n) is 5.86. The van der Waals surface area contributed by atoms with E-state index in [1.165, 1.54) is 24.6 Å². The molecular weight excluding hydrogens is 418 g/mol. The third-order valence-corrected chi connectivity index (χ3v) is 6.85. The molecule has 6 nitrogen and oxygen atoms in total. The Morgan fingerprint density at radius 1 is 0.969 bits per heavy atom. The molecule has 0 bridgehead atoms. The number of amides is 1. The lowest BCUT2D eigenvalue weighted by Gasteiger charge is -2.10. The molecule has 0 unspecified atom stereocenters. The minimum absolute atomic E-state index is 0.0647. The molecule has 4 aromatic rings. The van der Waals surface area contributed by atoms with E-state index in [1.54, 1.807) is 0 Å². The van der Waals surface area contributed by atoms with Crippen LogP contribution in [0.25, 0.3) is 16.6 Å². The number of hydrogen-bond donors (Lipinski definition) is 1. The number of nitrogens with one attached hydrogen (secondary N) is 1. The van der Waals surface area contributed by atoms with Gasteiger partial charge in [-0.05, 0) is 43.9 Å². The second-order valence-corrected chi connectivity index (χ2v) is 9.46. The molecule has 6 rings (SSSR count). The van der Waals surface area contributed by atoms with Gasteiger partial charge in [-0.3, -0.25) is 4.79 Å². The fourth-order valence-electron chi connectivity index (χ4n) is 3.84. The number of para-hydroxylation sites is 2. The first kappa shape index (κ1) is 19.5. The van der Waals surface area contributed by atoms with Crippen LogP contribution in [-0.2, 0) is 4.79 Å². The summed E-state index contributed by atoms with van der Waals surface area (Å²) in [4.78, 5) is 22.4. The van der Waals surface area contributed by atoms with Crippen molar-refractivity contribution < 1.29 is 4.79 Å². The zero-order chi connectivity index (χ0) is 21.5. The third kappa shape index (κ3) is 4.00. The molecule has 0 radical (unpaired) electrons. The van der Waals surface area contributed by atoms with Crippen LogP contribution in [0, 0.1) is 0 Å². The molecule has 2 aliphatic carbocycles. The van der Waals surface area contributed by atoms with Crippen molar-refractivity contribution in [2.24, 2.45) is 0 Å². The quantitative estimate of drug-likeness (QED) is 0.311. The van der Waals surface area contributed by atoms with Crippen molar-refractivity contribution in [2.45, 2.75) is 42.5 Å². The first-order valence-electron chi connectivity index (χ1n) is 11.1. The number of fused-ring (bicyclic) bond motifs is 1. The highest BCUT2D eigenvalue weighted by Crippen LogP contribution is 2.41. The van der Waals surface area contributed by atoms with Crippen molar-refractivity contribution in [1.29, 1.82) is 0 Å². The standard InChI is InChI=1S/C25H23N5OS/c31-23(15-32-25-19-8-4-5-9-20(19)26-24(28-25)17-12-13-17)27-22-14-21(16-10-11-16)29-30(22)18-6-2-1-3-7-18/h1-9,14,16-17H,10-13,15H2,(H,27,31). The van der Waals surface area contributed by atoms with Crippen molar-refractivity contribution in [3.05, 3.63) is 72.2 Å². The van der Waals surface area contributed by atoms with E-state index in [0.29, 0.717) is 11.8 Å². The number of carbonyl (C=O) groups is 1. The van der Waals surface area contributed by atoms with Gasteiger partial charge < -0.3 is 5.32 Å². The monoisotopic (exact) mass is 441 g/mol. The molecule has 2 saturated carbocycles. The van der Waals surface area contributed by atoms with E-state index < -0.39 is 0 Å². The topological polar surface area (TPSA) is 72.7 Å². The molecule has 0 saturated heterocycles. The summed E-state index contributed by atoms with van der Waals surface area (Å²) in [6.45, 7) is 0. The van der Waals surface area contributed by atoms with E-state index >= 15 is 0 Å². The van der Waals surface area contributed by atoms with Gasteiger partial charge in [-0.15, -0.1) is 0 Å². The minimum Gasteiger partial charge on any atom is -0.310 e. The lowest BCUT2D eigenvalue weighted by Crippen LogP contribution is -2.17. The van der Waals surface area contributed by atoms with Crippen LogP contribution < -0.4 is 5.32 Å². The number of thioether (sulfide) groups is 1. The van der Waals surface area contributed by atoms with Gasteiger partial charge in [0, 0.05) is 23.3 Å². The van der Waals surface area contributed by atoms with E-state index in [1.807, 2.05) is 65.3 Å². The summed E-state index contributed by atoms with van der Waals surface area (Å²) in [5.74, 6) is 2.82. The Hall–Kier alpha value is -3.19. The van der Waals surface area contributed by atoms with Crippen LogP contribution in [0.4, 0.5) is 5.82 Å². The van der Waals surface area contributed by atoms with Gasteiger partial charge in [0.2, 0.25) is 5.91 Å². The fraction of sp³-hybridized carbons (Fsp3) is 0.280. The second kappa shape index (κ2) is 8.06. The Kier molecular flexibility index (Phi) is 4.91. The van der Waals surface area contributed by atoms with Gasteiger partial charge in [-0.2, -0.15) is 5.10 Å². The fourth-order valence-corrected chi connectivity index (χ4v) is 4.67. The molecule has 32 heavy (non-hydrogen) atoms. The summed E-state index contributed by atoms with van der Waals surface area (Å²) in [5, 5.41) is 9.72. The molecule has 2 aromatic carbocycles. The van der Waals surface area contributed by atoms with Crippen molar-refractivity contribution in [3.63, 3.8) is 0 Å². The second-order valence-electron chi connectivity index (χ2n) is 8.49. The Balaban J connectivity index is 1.22. The number of aromatic nitrogens is 4. The van der Waals surface area contributed by atoms with Crippen molar-refractivity contribution in [1.82, 2.24) is 19.7 Å². The maximum absolute atomic E-state index is 12.9. The number of carbonyl (C=O) groups excluding carboxylic acids is 1.